The van der Waals surface area contributed by atoms with Gasteiger partial charge in [-0.1, -0.05) is 18.9 Å². The summed E-state index contributed by atoms with van der Waals surface area (Å²) in [4.78, 5) is 4.29. The molecule has 20 heavy (non-hydrogen) atoms. The van der Waals surface area contributed by atoms with Gasteiger partial charge in [-0.3, -0.25) is 4.99 Å². The zero-order valence-corrected chi connectivity index (χ0v) is 14.7. The highest BCUT2D eigenvalue weighted by molar-refractivity contribution is 14.0. The molecule has 0 saturated carbocycles. The number of nitrogens with two attached hydrogens (primary N) is 1. The van der Waals surface area contributed by atoms with E-state index in [1.54, 1.807) is 0 Å². The molecule has 4 nitrogen and oxygen atoms in total. The lowest BCUT2D eigenvalue weighted by atomic mass is 10.1. The van der Waals surface area contributed by atoms with Crippen molar-refractivity contribution in [1.82, 2.24) is 0 Å². The van der Waals surface area contributed by atoms with Gasteiger partial charge in [-0.05, 0) is 49.9 Å². The molecule has 0 saturated heterocycles. The van der Waals surface area contributed by atoms with Crippen LogP contribution in [0.5, 0.6) is 0 Å². The normalized spacial score (nSPS) is 11.1. The number of anilines is 1. The third-order valence-corrected chi connectivity index (χ3v) is 3.13. The van der Waals surface area contributed by atoms with Crippen LogP contribution < -0.4 is 11.1 Å². The number of rotatable bonds is 7. The molecular weight excluding hydrogens is 365 g/mol. The minimum absolute atomic E-state index is 0. The second-order valence-electron chi connectivity index (χ2n) is 4.83. The van der Waals surface area contributed by atoms with Crippen LogP contribution in [0, 0.1) is 13.8 Å². The molecule has 0 amide bonds. The molecular formula is C15H26IN3O. The number of hydrogen-bond acceptors (Lipinski definition) is 2. The quantitative estimate of drug-likeness (QED) is 0.289. The Kier molecular flexibility index (Phi) is 10.5. The van der Waals surface area contributed by atoms with Gasteiger partial charge in [-0.2, -0.15) is 0 Å². The van der Waals surface area contributed by atoms with Crippen LogP contribution >= 0.6 is 24.0 Å². The summed E-state index contributed by atoms with van der Waals surface area (Å²) in [5.41, 5.74) is 9.32. The Morgan fingerprint density at radius 3 is 2.50 bits per heavy atom. The lowest BCUT2D eigenvalue weighted by Gasteiger charge is -2.08. The van der Waals surface area contributed by atoms with Crippen molar-refractivity contribution in [2.75, 3.05) is 18.5 Å². The number of aliphatic imine (C=N–C) groups is 1. The molecule has 1 aromatic rings. The Hall–Kier alpha value is -0.820. The van der Waals surface area contributed by atoms with Gasteiger partial charge in [-0.15, -0.1) is 24.0 Å². The second-order valence-corrected chi connectivity index (χ2v) is 4.83. The van der Waals surface area contributed by atoms with E-state index in [9.17, 15) is 0 Å². The minimum atomic E-state index is 0. The van der Waals surface area contributed by atoms with Crippen LogP contribution in [0.3, 0.4) is 0 Å². The van der Waals surface area contributed by atoms with Gasteiger partial charge < -0.3 is 16.2 Å². The van der Waals surface area contributed by atoms with Crippen molar-refractivity contribution in [2.24, 2.45) is 10.7 Å². The molecule has 0 unspecified atom stereocenters. The third-order valence-electron chi connectivity index (χ3n) is 3.13. The summed E-state index contributed by atoms with van der Waals surface area (Å²) in [6.45, 7) is 5.17. The van der Waals surface area contributed by atoms with Crippen molar-refractivity contribution in [2.45, 2.75) is 39.5 Å². The molecule has 5 heteroatoms. The Balaban J connectivity index is 0.00000361. The van der Waals surface area contributed by atoms with Crippen LogP contribution in [0.15, 0.2) is 23.2 Å². The maximum absolute atomic E-state index is 8.66. The maximum atomic E-state index is 8.66. The predicted octanol–water partition coefficient (Wildman–Crippen LogP) is 3.20. The van der Waals surface area contributed by atoms with E-state index in [0.29, 0.717) is 5.96 Å². The van der Waals surface area contributed by atoms with Gasteiger partial charge >= 0.3 is 0 Å². The molecule has 0 aromatic heterocycles. The van der Waals surface area contributed by atoms with Crippen LogP contribution in [0.1, 0.15) is 36.8 Å². The van der Waals surface area contributed by atoms with E-state index in [0.717, 1.165) is 37.9 Å². The molecule has 0 fully saturated rings. The van der Waals surface area contributed by atoms with Crippen molar-refractivity contribution < 1.29 is 5.11 Å². The summed E-state index contributed by atoms with van der Waals surface area (Å²) >= 11 is 0. The van der Waals surface area contributed by atoms with E-state index in [2.05, 4.69) is 36.3 Å². The van der Waals surface area contributed by atoms with Crippen molar-refractivity contribution >= 4 is 35.6 Å². The number of unbranched alkanes of at least 4 members (excludes halogenated alkanes) is 3. The number of hydrogen-bond donors (Lipinski definition) is 3. The number of halogens is 1. The van der Waals surface area contributed by atoms with Gasteiger partial charge in [-0.25, -0.2) is 0 Å². The van der Waals surface area contributed by atoms with Gasteiger partial charge in [0.2, 0.25) is 0 Å². The smallest absolute Gasteiger partial charge is 0.193 e. The highest BCUT2D eigenvalue weighted by Gasteiger charge is 1.97. The summed E-state index contributed by atoms with van der Waals surface area (Å²) in [6, 6.07) is 6.14. The average Bonchev–Trinajstić information content (AvgIpc) is 2.38. The SMILES string of the molecule is Cc1ccc(NC(N)=NCCCCCCO)cc1C.I. The third kappa shape index (κ3) is 7.69. The van der Waals surface area contributed by atoms with Crippen molar-refractivity contribution in [3.8, 4) is 0 Å². The summed E-state index contributed by atoms with van der Waals surface area (Å²) < 4.78 is 0. The van der Waals surface area contributed by atoms with Gasteiger partial charge in [0.15, 0.2) is 5.96 Å². The highest BCUT2D eigenvalue weighted by Crippen LogP contribution is 2.13. The molecule has 0 bridgehead atoms. The number of aliphatic hydroxyl groups is 1. The molecule has 0 atom stereocenters. The molecule has 114 valence electrons. The summed E-state index contributed by atoms with van der Waals surface area (Å²) in [6.07, 6.45) is 4.02. The van der Waals surface area contributed by atoms with E-state index >= 15 is 0 Å². The van der Waals surface area contributed by atoms with Crippen molar-refractivity contribution in [3.05, 3.63) is 29.3 Å². The number of benzene rings is 1. The monoisotopic (exact) mass is 391 g/mol. The minimum Gasteiger partial charge on any atom is -0.396 e. The molecule has 0 heterocycles. The Morgan fingerprint density at radius 1 is 1.15 bits per heavy atom. The van der Waals surface area contributed by atoms with Gasteiger partial charge in [0.25, 0.3) is 0 Å². The Bertz CT molecular complexity index is 422. The molecule has 0 aliphatic carbocycles. The number of guanidine groups is 1. The topological polar surface area (TPSA) is 70.6 Å². The molecule has 1 rings (SSSR count). The lowest BCUT2D eigenvalue weighted by Crippen LogP contribution is -2.22. The Labute approximate surface area is 138 Å². The van der Waals surface area contributed by atoms with Crippen LogP contribution in [0.4, 0.5) is 5.69 Å². The number of nitrogens with zero attached hydrogens (tertiary/aromatic N) is 1. The van der Waals surface area contributed by atoms with Gasteiger partial charge in [0.05, 0.1) is 0 Å². The highest BCUT2D eigenvalue weighted by atomic mass is 127. The molecule has 4 N–H and O–H groups in total. The van der Waals surface area contributed by atoms with E-state index in [1.807, 2.05) is 6.07 Å². The molecule has 0 aliphatic rings. The molecule has 0 radical (unpaired) electrons. The van der Waals surface area contributed by atoms with Crippen molar-refractivity contribution in [1.29, 1.82) is 0 Å². The standard InChI is InChI=1S/C15H25N3O.HI/c1-12-7-8-14(11-13(12)2)18-15(16)17-9-5-3-4-6-10-19;/h7-8,11,19H,3-6,9-10H2,1-2H3,(H3,16,17,18);1H. The first-order valence-electron chi connectivity index (χ1n) is 6.88. The molecule has 0 aliphatic heterocycles. The predicted molar refractivity (Wildman–Crippen MR) is 97.0 cm³/mol. The first kappa shape index (κ1) is 19.2. The second kappa shape index (κ2) is 10.9. The summed E-state index contributed by atoms with van der Waals surface area (Å²) in [7, 11) is 0. The molecule has 0 spiro atoms. The van der Waals surface area contributed by atoms with Crippen LogP contribution in [-0.2, 0) is 0 Å². The maximum Gasteiger partial charge on any atom is 0.193 e. The lowest BCUT2D eigenvalue weighted by molar-refractivity contribution is 0.282. The zero-order chi connectivity index (χ0) is 14.1. The van der Waals surface area contributed by atoms with Crippen LogP contribution in [0.25, 0.3) is 0 Å². The fourth-order valence-corrected chi connectivity index (χ4v) is 1.78. The fourth-order valence-electron chi connectivity index (χ4n) is 1.78. The summed E-state index contributed by atoms with van der Waals surface area (Å²) in [5, 5.41) is 11.8. The van der Waals surface area contributed by atoms with E-state index < -0.39 is 0 Å². The Morgan fingerprint density at radius 2 is 1.85 bits per heavy atom. The van der Waals surface area contributed by atoms with Gasteiger partial charge in [0.1, 0.15) is 0 Å². The van der Waals surface area contributed by atoms with E-state index in [1.165, 1.54) is 11.1 Å². The van der Waals surface area contributed by atoms with Crippen molar-refractivity contribution in [3.63, 3.8) is 0 Å². The van der Waals surface area contributed by atoms with E-state index in [4.69, 9.17) is 10.8 Å². The first-order valence-corrected chi connectivity index (χ1v) is 6.88. The van der Waals surface area contributed by atoms with Crippen LogP contribution in [0.2, 0.25) is 0 Å². The number of nitrogens with one attached hydrogen (secondary N) is 1. The fraction of sp³-hybridized carbons (Fsp3) is 0.533. The number of aryl methyl sites for hydroxylation is 2. The van der Waals surface area contributed by atoms with Crippen LogP contribution in [-0.4, -0.2) is 24.2 Å². The number of aliphatic hydroxyl groups excluding tert-OH is 1. The van der Waals surface area contributed by atoms with E-state index in [-0.39, 0.29) is 30.6 Å². The largest absolute Gasteiger partial charge is 0.396 e. The van der Waals surface area contributed by atoms with Gasteiger partial charge in [0, 0.05) is 18.8 Å². The molecule has 1 aromatic carbocycles. The summed E-state index contributed by atoms with van der Waals surface area (Å²) in [5.74, 6) is 0.463. The average molecular weight is 391 g/mol. The zero-order valence-electron chi connectivity index (χ0n) is 12.4. The first-order chi connectivity index (χ1) is 9.13.